The van der Waals surface area contributed by atoms with Gasteiger partial charge in [0.05, 0.1) is 11.4 Å². The monoisotopic (exact) mass is 640 g/mol. The van der Waals surface area contributed by atoms with E-state index in [4.69, 9.17) is 5.73 Å². The molecule has 0 fully saturated rings. The van der Waals surface area contributed by atoms with Gasteiger partial charge in [-0.2, -0.15) is 0 Å². The highest BCUT2D eigenvalue weighted by Gasteiger charge is 2.12. The summed E-state index contributed by atoms with van der Waals surface area (Å²) in [4.78, 5) is 36.7. The number of carbonyl (C=O) groups is 3. The summed E-state index contributed by atoms with van der Waals surface area (Å²) >= 11 is 0. The molecule has 0 saturated heterocycles. The Morgan fingerprint density at radius 3 is 2.06 bits per heavy atom. The van der Waals surface area contributed by atoms with Crippen molar-refractivity contribution in [3.63, 3.8) is 0 Å². The average Bonchev–Trinajstić information content (AvgIpc) is 3.05. The lowest BCUT2D eigenvalue weighted by Gasteiger charge is -2.19. The number of carbonyl (C=O) groups excluding carboxylic acids is 3. The number of anilines is 2. The molecule has 3 rings (SSSR count). The first-order valence-corrected chi connectivity index (χ1v) is 16.6. The molecule has 9 nitrogen and oxygen atoms in total. The van der Waals surface area contributed by atoms with Gasteiger partial charge in [-0.1, -0.05) is 75.4 Å². The minimum atomic E-state index is -0.258. The minimum absolute atomic E-state index is 0.0201. The van der Waals surface area contributed by atoms with E-state index < -0.39 is 0 Å². The Balaban J connectivity index is 1.14. The second kappa shape index (κ2) is 19.9. The topological polar surface area (TPSA) is 137 Å². The van der Waals surface area contributed by atoms with Crippen LogP contribution in [0.1, 0.15) is 79.9 Å². The fourth-order valence-corrected chi connectivity index (χ4v) is 4.74. The summed E-state index contributed by atoms with van der Waals surface area (Å²) in [7, 11) is 0. The van der Waals surface area contributed by atoms with Crippen LogP contribution in [-0.2, 0) is 28.1 Å². The van der Waals surface area contributed by atoms with E-state index in [2.05, 4.69) is 71.6 Å². The Morgan fingerprint density at radius 2 is 1.36 bits per heavy atom. The Morgan fingerprint density at radius 1 is 0.723 bits per heavy atom. The van der Waals surface area contributed by atoms with E-state index in [9.17, 15) is 14.4 Å². The fourth-order valence-electron chi connectivity index (χ4n) is 4.74. The van der Waals surface area contributed by atoms with E-state index in [-0.39, 0.29) is 23.1 Å². The third kappa shape index (κ3) is 14.7. The van der Waals surface area contributed by atoms with Gasteiger partial charge >= 0.3 is 0 Å². The molecule has 0 unspecified atom stereocenters. The third-order valence-corrected chi connectivity index (χ3v) is 7.66. The molecule has 0 aliphatic carbocycles. The molecule has 0 heterocycles. The zero-order valence-electron chi connectivity index (χ0n) is 28.2. The first-order chi connectivity index (χ1) is 22.6. The van der Waals surface area contributed by atoms with Gasteiger partial charge in [-0.05, 0) is 97.8 Å². The Kier molecular flexibility index (Phi) is 15.7. The number of amides is 3. The summed E-state index contributed by atoms with van der Waals surface area (Å²) in [5.74, 6) is -0.515. The second-order valence-electron chi connectivity index (χ2n) is 12.7. The van der Waals surface area contributed by atoms with Crippen molar-refractivity contribution in [3.05, 3.63) is 107 Å². The van der Waals surface area contributed by atoms with E-state index in [1.807, 2.05) is 0 Å². The number of nitrogen functional groups attached to an aromatic ring is 1. The maximum absolute atomic E-state index is 12.5. The Hall–Kier alpha value is -4.47. The highest BCUT2D eigenvalue weighted by molar-refractivity contribution is 6.05. The molecule has 0 bridgehead atoms. The van der Waals surface area contributed by atoms with E-state index in [1.54, 1.807) is 54.6 Å². The molecule has 0 aromatic heterocycles. The average molecular weight is 641 g/mol. The predicted molar refractivity (Wildman–Crippen MR) is 192 cm³/mol. The SMILES string of the molecule is CC(C)(C)c1ccc(CNCCCCNCCCNC(=O)CC/C=C/C(=O)NCc2ccc(C(=O)Nc3ccccc3N)cc2)cc1. The molecular weight excluding hydrogens is 588 g/mol. The Bertz CT molecular complexity index is 1430. The molecule has 3 aromatic rings. The van der Waals surface area contributed by atoms with Gasteiger partial charge in [0.2, 0.25) is 11.8 Å². The van der Waals surface area contributed by atoms with Crippen molar-refractivity contribution in [2.45, 2.75) is 71.4 Å². The van der Waals surface area contributed by atoms with Crippen molar-refractivity contribution < 1.29 is 14.4 Å². The number of hydrogen-bond donors (Lipinski definition) is 6. The quantitative estimate of drug-likeness (QED) is 0.0587. The van der Waals surface area contributed by atoms with Crippen LogP contribution in [0.5, 0.6) is 0 Å². The highest BCUT2D eigenvalue weighted by atomic mass is 16.2. The zero-order chi connectivity index (χ0) is 33.9. The molecule has 0 radical (unpaired) electrons. The molecule has 0 atom stereocenters. The lowest BCUT2D eigenvalue weighted by Crippen LogP contribution is -2.27. The van der Waals surface area contributed by atoms with Crippen molar-refractivity contribution in [2.24, 2.45) is 0 Å². The normalized spacial score (nSPS) is 11.4. The van der Waals surface area contributed by atoms with Gasteiger partial charge in [0.15, 0.2) is 0 Å². The first-order valence-electron chi connectivity index (χ1n) is 16.6. The maximum atomic E-state index is 12.5. The van der Waals surface area contributed by atoms with Crippen LogP contribution in [0.2, 0.25) is 0 Å². The number of para-hydroxylation sites is 2. The fraction of sp³-hybridized carbons (Fsp3) is 0.395. The first kappa shape index (κ1) is 37.0. The van der Waals surface area contributed by atoms with Gasteiger partial charge in [-0.3, -0.25) is 14.4 Å². The van der Waals surface area contributed by atoms with E-state index in [1.165, 1.54) is 17.2 Å². The summed E-state index contributed by atoms with van der Waals surface area (Å²) in [5, 5.41) is 15.5. The number of allylic oxidation sites excluding steroid dienone is 1. The largest absolute Gasteiger partial charge is 0.397 e. The van der Waals surface area contributed by atoms with Crippen LogP contribution in [0.3, 0.4) is 0 Å². The van der Waals surface area contributed by atoms with Crippen LogP contribution in [0, 0.1) is 0 Å². The second-order valence-corrected chi connectivity index (χ2v) is 12.7. The number of nitrogens with one attached hydrogen (secondary N) is 5. The number of unbranched alkanes of at least 4 members (excludes halogenated alkanes) is 1. The summed E-state index contributed by atoms with van der Waals surface area (Å²) in [6, 6.07) is 22.9. The molecule has 47 heavy (non-hydrogen) atoms. The molecule has 0 spiro atoms. The van der Waals surface area contributed by atoms with Crippen molar-refractivity contribution in [2.75, 3.05) is 37.2 Å². The van der Waals surface area contributed by atoms with Crippen molar-refractivity contribution >= 4 is 29.1 Å². The molecule has 0 aliphatic rings. The van der Waals surface area contributed by atoms with Crippen LogP contribution < -0.4 is 32.3 Å². The molecule has 252 valence electrons. The Labute approximate surface area is 280 Å². The van der Waals surface area contributed by atoms with Gasteiger partial charge in [0.1, 0.15) is 0 Å². The van der Waals surface area contributed by atoms with Crippen LogP contribution >= 0.6 is 0 Å². The lowest BCUT2D eigenvalue weighted by molar-refractivity contribution is -0.121. The minimum Gasteiger partial charge on any atom is -0.397 e. The van der Waals surface area contributed by atoms with Gasteiger partial charge in [0.25, 0.3) is 5.91 Å². The van der Waals surface area contributed by atoms with Gasteiger partial charge in [-0.25, -0.2) is 0 Å². The molecule has 3 amide bonds. The van der Waals surface area contributed by atoms with Crippen molar-refractivity contribution in [3.8, 4) is 0 Å². The molecule has 3 aromatic carbocycles. The van der Waals surface area contributed by atoms with E-state index in [0.717, 1.165) is 51.0 Å². The van der Waals surface area contributed by atoms with Gasteiger partial charge < -0.3 is 32.3 Å². The zero-order valence-corrected chi connectivity index (χ0v) is 28.2. The standard InChI is InChI=1S/C38H52N6O3/c1-38(2,3)32-21-17-29(18-22-32)27-41-24-9-8-23-40-25-10-26-42-35(45)13-6-7-14-36(46)43-28-30-15-19-31(20-16-30)37(47)44-34-12-5-4-11-33(34)39/h4-5,7,11-12,14-22,40-41H,6,8-10,13,23-28,39H2,1-3H3,(H,42,45)(H,43,46)(H,44,47)/b14-7+. The van der Waals surface area contributed by atoms with E-state index in [0.29, 0.717) is 42.9 Å². The third-order valence-electron chi connectivity index (χ3n) is 7.66. The van der Waals surface area contributed by atoms with Crippen molar-refractivity contribution in [1.29, 1.82) is 0 Å². The van der Waals surface area contributed by atoms with Gasteiger partial charge in [-0.15, -0.1) is 0 Å². The molecule has 0 aliphatic heterocycles. The summed E-state index contributed by atoms with van der Waals surface area (Å²) in [6.07, 6.45) is 7.08. The van der Waals surface area contributed by atoms with E-state index >= 15 is 0 Å². The van der Waals surface area contributed by atoms with Crippen molar-refractivity contribution in [1.82, 2.24) is 21.3 Å². The number of rotatable bonds is 19. The van der Waals surface area contributed by atoms with Crippen LogP contribution in [0.25, 0.3) is 0 Å². The summed E-state index contributed by atoms with van der Waals surface area (Å²) in [6.45, 7) is 11.4. The molecule has 7 N–H and O–H groups in total. The molecule has 9 heteroatoms. The summed E-state index contributed by atoms with van der Waals surface area (Å²) < 4.78 is 0. The molecular formula is C38H52N6O3. The smallest absolute Gasteiger partial charge is 0.255 e. The maximum Gasteiger partial charge on any atom is 0.255 e. The van der Waals surface area contributed by atoms with Crippen LogP contribution in [0.15, 0.2) is 84.9 Å². The number of nitrogens with two attached hydrogens (primary N) is 1. The lowest BCUT2D eigenvalue weighted by atomic mass is 9.87. The summed E-state index contributed by atoms with van der Waals surface area (Å²) in [5.41, 5.74) is 11.2. The number of hydrogen-bond acceptors (Lipinski definition) is 6. The molecule has 0 saturated carbocycles. The predicted octanol–water partition coefficient (Wildman–Crippen LogP) is 5.44. The van der Waals surface area contributed by atoms with Crippen LogP contribution in [-0.4, -0.2) is 43.9 Å². The highest BCUT2D eigenvalue weighted by Crippen LogP contribution is 2.22. The van der Waals surface area contributed by atoms with Crippen LogP contribution in [0.4, 0.5) is 11.4 Å². The number of benzene rings is 3. The van der Waals surface area contributed by atoms with Gasteiger partial charge in [0, 0.05) is 31.6 Å².